The lowest BCUT2D eigenvalue weighted by atomic mass is 9.94. The van der Waals surface area contributed by atoms with Crippen LogP contribution in [0.2, 0.25) is 0 Å². The van der Waals surface area contributed by atoms with Crippen molar-refractivity contribution >= 4 is 11.9 Å². The van der Waals surface area contributed by atoms with Gasteiger partial charge in [0.1, 0.15) is 23.4 Å². The number of hydrogen-bond donors (Lipinski definition) is 2. The Kier molecular flexibility index (Phi) is 10.3. The van der Waals surface area contributed by atoms with Crippen molar-refractivity contribution in [1.29, 1.82) is 5.26 Å². The van der Waals surface area contributed by atoms with Crippen molar-refractivity contribution in [2.24, 2.45) is 0 Å². The Balaban J connectivity index is 1.69. The van der Waals surface area contributed by atoms with Gasteiger partial charge in [0, 0.05) is 23.2 Å². The molecule has 0 spiro atoms. The van der Waals surface area contributed by atoms with Gasteiger partial charge in [0.25, 0.3) is 5.91 Å². The first kappa shape index (κ1) is 34.2. The third-order valence-corrected chi connectivity index (χ3v) is 6.61. The summed E-state index contributed by atoms with van der Waals surface area (Å²) in [6.07, 6.45) is -10.7. The van der Waals surface area contributed by atoms with Gasteiger partial charge < -0.3 is 24.6 Å². The van der Waals surface area contributed by atoms with Crippen LogP contribution in [0, 0.1) is 11.3 Å². The van der Waals surface area contributed by atoms with Crippen LogP contribution < -0.4 is 19.5 Å². The number of carboxylic acids is 1. The molecule has 0 saturated carbocycles. The zero-order valence-electron chi connectivity index (χ0n) is 24.3. The number of carbonyl (C=O) groups is 2. The minimum atomic E-state index is -4.91. The number of hydrogen-bond acceptors (Lipinski definition) is 6. The van der Waals surface area contributed by atoms with Gasteiger partial charge in [-0.15, -0.1) is 26.3 Å². The second-order valence-electron chi connectivity index (χ2n) is 9.93. The number of nitrogens with one attached hydrogen (secondary N) is 1. The molecule has 47 heavy (non-hydrogen) atoms. The first-order valence-corrected chi connectivity index (χ1v) is 13.7. The summed E-state index contributed by atoms with van der Waals surface area (Å²) >= 11 is 0. The summed E-state index contributed by atoms with van der Waals surface area (Å²) in [4.78, 5) is 23.0. The highest BCUT2D eigenvalue weighted by Gasteiger charge is 2.32. The van der Waals surface area contributed by atoms with Crippen molar-refractivity contribution < 1.29 is 55.2 Å². The molecule has 0 aliphatic carbocycles. The van der Waals surface area contributed by atoms with Crippen LogP contribution in [0.1, 0.15) is 40.9 Å². The average Bonchev–Trinajstić information content (AvgIpc) is 3.00. The highest BCUT2D eigenvalue weighted by molar-refractivity contribution is 5.94. The molecule has 0 aliphatic rings. The number of alkyl halides is 6. The number of nitrogens with zero attached hydrogens (tertiary/aromatic N) is 1. The maximum absolute atomic E-state index is 12.7. The smallest absolute Gasteiger partial charge is 0.485 e. The van der Waals surface area contributed by atoms with Gasteiger partial charge in [-0.2, -0.15) is 5.26 Å². The number of ether oxygens (including phenoxy) is 3. The Morgan fingerprint density at radius 3 is 1.79 bits per heavy atom. The molecule has 0 radical (unpaired) electrons. The van der Waals surface area contributed by atoms with E-state index < -0.39 is 42.2 Å². The molecule has 1 unspecified atom stereocenters. The Hall–Kier alpha value is -5.71. The summed E-state index contributed by atoms with van der Waals surface area (Å²) < 4.78 is 90.3. The topological polar surface area (TPSA) is 118 Å². The number of aliphatic carboxylic acids is 1. The molecule has 8 nitrogen and oxygen atoms in total. The van der Waals surface area contributed by atoms with E-state index in [4.69, 9.17) is 9.84 Å². The predicted molar refractivity (Wildman–Crippen MR) is 155 cm³/mol. The zero-order chi connectivity index (χ0) is 34.4. The van der Waals surface area contributed by atoms with Crippen LogP contribution in [0.15, 0.2) is 84.9 Å². The lowest BCUT2D eigenvalue weighted by Gasteiger charge is -2.20. The third-order valence-electron chi connectivity index (χ3n) is 6.61. The molecule has 4 rings (SSSR count). The first-order chi connectivity index (χ1) is 22.1. The summed E-state index contributed by atoms with van der Waals surface area (Å²) in [6.45, 7) is 1.63. The van der Waals surface area contributed by atoms with E-state index in [9.17, 15) is 41.2 Å². The molecule has 0 saturated heterocycles. The van der Waals surface area contributed by atoms with Gasteiger partial charge in [-0.1, -0.05) is 36.4 Å². The van der Waals surface area contributed by atoms with E-state index in [-0.39, 0.29) is 29.8 Å². The summed E-state index contributed by atoms with van der Waals surface area (Å²) in [5.41, 5.74) is 2.31. The van der Waals surface area contributed by atoms with Crippen molar-refractivity contribution in [3.63, 3.8) is 0 Å². The van der Waals surface area contributed by atoms with Crippen molar-refractivity contribution in [2.75, 3.05) is 6.54 Å². The molecule has 0 heterocycles. The molecule has 4 aromatic carbocycles. The van der Waals surface area contributed by atoms with Crippen molar-refractivity contribution in [1.82, 2.24) is 5.32 Å². The van der Waals surface area contributed by atoms with Crippen LogP contribution in [0.25, 0.3) is 22.3 Å². The zero-order valence-corrected chi connectivity index (χ0v) is 24.3. The van der Waals surface area contributed by atoms with Gasteiger partial charge in [-0.25, -0.2) is 0 Å². The molecule has 1 amide bonds. The summed E-state index contributed by atoms with van der Waals surface area (Å²) in [5.74, 6) is -2.30. The number of benzene rings is 4. The Bertz CT molecular complexity index is 1770. The third kappa shape index (κ3) is 9.64. The lowest BCUT2D eigenvalue weighted by molar-refractivity contribution is -0.275. The number of halogens is 6. The molecule has 0 bridgehead atoms. The fraction of sp³-hybridized carbons (Fsp3) is 0.182. The van der Waals surface area contributed by atoms with E-state index in [1.807, 2.05) is 6.07 Å². The van der Waals surface area contributed by atoms with Gasteiger partial charge in [0.15, 0.2) is 0 Å². The monoisotopic (exact) mass is 658 g/mol. The number of carbonyl (C=O) groups excluding carboxylic acids is 1. The number of nitriles is 1. The molecule has 0 fully saturated rings. The van der Waals surface area contributed by atoms with Gasteiger partial charge in [-0.3, -0.25) is 9.59 Å². The highest BCUT2D eigenvalue weighted by Crippen LogP contribution is 2.40. The van der Waals surface area contributed by atoms with Gasteiger partial charge in [0.05, 0.1) is 18.1 Å². The number of rotatable bonds is 11. The van der Waals surface area contributed by atoms with E-state index in [0.29, 0.717) is 27.8 Å². The standard InChI is InChI=1S/C33H24F6N2O6/c1-19(20-2-4-23(5-3-20)31(44)41-15-14-30(42)43)45-29-17-27(21-6-10-25(11-7-21)46-32(34,35)36)24(18-40)16-28(29)22-8-12-26(13-9-22)47-33(37,38)39/h2-13,16-17,19H,14-15H2,1H3,(H,41,44)(H,42,43). The Morgan fingerprint density at radius 1 is 0.809 bits per heavy atom. The maximum Gasteiger partial charge on any atom is 0.573 e. The van der Waals surface area contributed by atoms with Crippen LogP contribution in [0.3, 0.4) is 0 Å². The molecular weight excluding hydrogens is 634 g/mol. The first-order valence-electron chi connectivity index (χ1n) is 13.7. The number of carboxylic acid groups (broad SMARTS) is 1. The van der Waals surface area contributed by atoms with E-state index in [1.54, 1.807) is 19.1 Å². The second-order valence-corrected chi connectivity index (χ2v) is 9.93. The summed E-state index contributed by atoms with van der Waals surface area (Å²) in [7, 11) is 0. The molecule has 0 aliphatic heterocycles. The van der Waals surface area contributed by atoms with Crippen LogP contribution in [-0.4, -0.2) is 36.3 Å². The van der Waals surface area contributed by atoms with Gasteiger partial charge in [0.2, 0.25) is 0 Å². The van der Waals surface area contributed by atoms with E-state index in [1.165, 1.54) is 48.5 Å². The fourth-order valence-electron chi connectivity index (χ4n) is 4.46. The highest BCUT2D eigenvalue weighted by atomic mass is 19.4. The van der Waals surface area contributed by atoms with Crippen LogP contribution in [0.4, 0.5) is 26.3 Å². The quantitative estimate of drug-likeness (QED) is 0.157. The van der Waals surface area contributed by atoms with Gasteiger partial charge in [-0.05, 0) is 72.1 Å². The van der Waals surface area contributed by atoms with Crippen LogP contribution in [-0.2, 0) is 4.79 Å². The van der Waals surface area contributed by atoms with Gasteiger partial charge >= 0.3 is 18.7 Å². The normalized spacial score (nSPS) is 12.0. The van der Waals surface area contributed by atoms with Crippen molar-refractivity contribution in [3.8, 4) is 45.6 Å². The van der Waals surface area contributed by atoms with E-state index in [0.717, 1.165) is 24.3 Å². The molecule has 1 atom stereocenters. The molecule has 4 aromatic rings. The number of amides is 1. The SMILES string of the molecule is CC(Oc1cc(-c2ccc(OC(F)(F)F)cc2)c(C#N)cc1-c1ccc(OC(F)(F)F)cc1)c1ccc(C(=O)NCCC(=O)O)cc1. The Morgan fingerprint density at radius 2 is 1.32 bits per heavy atom. The second kappa shape index (κ2) is 14.2. The van der Waals surface area contributed by atoms with Crippen LogP contribution >= 0.6 is 0 Å². The molecule has 244 valence electrons. The minimum absolute atomic E-state index is 0.0549. The molecule has 2 N–H and O–H groups in total. The molecule has 0 aromatic heterocycles. The minimum Gasteiger partial charge on any atom is -0.485 e. The maximum atomic E-state index is 12.7. The van der Waals surface area contributed by atoms with Crippen LogP contribution in [0.5, 0.6) is 17.2 Å². The predicted octanol–water partition coefficient (Wildman–Crippen LogP) is 8.03. The summed E-state index contributed by atoms with van der Waals surface area (Å²) in [6, 6.07) is 20.9. The molecular formula is C33H24F6N2O6. The summed E-state index contributed by atoms with van der Waals surface area (Å²) in [5, 5.41) is 21.2. The largest absolute Gasteiger partial charge is 0.573 e. The lowest BCUT2D eigenvalue weighted by Crippen LogP contribution is -2.25. The van der Waals surface area contributed by atoms with Crippen molar-refractivity contribution in [2.45, 2.75) is 32.2 Å². The fourth-order valence-corrected chi connectivity index (χ4v) is 4.46. The van der Waals surface area contributed by atoms with Crippen molar-refractivity contribution in [3.05, 3.63) is 102 Å². The Labute approximate surface area is 263 Å². The molecule has 14 heteroatoms. The van der Waals surface area contributed by atoms with E-state index >= 15 is 0 Å². The average molecular weight is 659 g/mol. The van der Waals surface area contributed by atoms with E-state index in [2.05, 4.69) is 14.8 Å².